The van der Waals surface area contributed by atoms with Crippen LogP contribution in [0.1, 0.15) is 19.4 Å². The molecular formula is C22H21N3O3. The standard InChI is InChI=1S/C22H21N3O3/c1-15(17-10-12-19(13-11-17)23-16(2)26)24-25-22(27)14-28-21-9-5-7-18-6-3-4-8-20(18)21/h3-13H,14H2,1-2H3,(H,23,26)(H,25,27)/b24-15+. The first-order valence-electron chi connectivity index (χ1n) is 8.84. The van der Waals surface area contributed by atoms with Crippen molar-refractivity contribution in [1.29, 1.82) is 0 Å². The lowest BCUT2D eigenvalue weighted by Crippen LogP contribution is -2.25. The van der Waals surface area contributed by atoms with Gasteiger partial charge in [0.15, 0.2) is 6.61 Å². The van der Waals surface area contributed by atoms with Gasteiger partial charge < -0.3 is 10.1 Å². The number of ether oxygens (including phenoxy) is 1. The first kappa shape index (κ1) is 19.1. The average Bonchev–Trinajstić information content (AvgIpc) is 2.70. The van der Waals surface area contributed by atoms with Crippen molar-refractivity contribution >= 4 is 34.0 Å². The normalized spacial score (nSPS) is 11.1. The molecule has 2 N–H and O–H groups in total. The molecule has 28 heavy (non-hydrogen) atoms. The Balaban J connectivity index is 1.57. The number of carbonyl (C=O) groups excluding carboxylic acids is 2. The Labute approximate surface area is 163 Å². The zero-order chi connectivity index (χ0) is 19.9. The average molecular weight is 375 g/mol. The summed E-state index contributed by atoms with van der Waals surface area (Å²) in [5.41, 5.74) is 4.69. The van der Waals surface area contributed by atoms with Crippen LogP contribution in [0.3, 0.4) is 0 Å². The molecule has 0 atom stereocenters. The first-order chi connectivity index (χ1) is 13.5. The fourth-order valence-electron chi connectivity index (χ4n) is 2.71. The third-order valence-electron chi connectivity index (χ3n) is 4.08. The Kier molecular flexibility index (Phi) is 6.01. The molecular weight excluding hydrogens is 354 g/mol. The van der Waals surface area contributed by atoms with Crippen molar-refractivity contribution in [3.8, 4) is 5.75 Å². The Hall–Kier alpha value is -3.67. The number of hydrogen-bond donors (Lipinski definition) is 2. The predicted molar refractivity (Wildman–Crippen MR) is 111 cm³/mol. The quantitative estimate of drug-likeness (QED) is 0.509. The maximum absolute atomic E-state index is 12.1. The number of amides is 2. The van der Waals surface area contributed by atoms with E-state index in [4.69, 9.17) is 4.74 Å². The second-order valence-electron chi connectivity index (χ2n) is 6.26. The molecule has 0 saturated heterocycles. The van der Waals surface area contributed by atoms with Gasteiger partial charge in [-0.2, -0.15) is 5.10 Å². The van der Waals surface area contributed by atoms with Gasteiger partial charge in [0.05, 0.1) is 5.71 Å². The Bertz CT molecular complexity index is 1020. The maximum Gasteiger partial charge on any atom is 0.277 e. The molecule has 0 heterocycles. The van der Waals surface area contributed by atoms with Crippen molar-refractivity contribution in [2.75, 3.05) is 11.9 Å². The summed E-state index contributed by atoms with van der Waals surface area (Å²) in [7, 11) is 0. The SMILES string of the molecule is CC(=O)Nc1ccc(/C(C)=N/NC(=O)COc2cccc3ccccc23)cc1. The Morgan fingerprint density at radius 2 is 1.64 bits per heavy atom. The number of carbonyl (C=O) groups is 2. The van der Waals surface area contributed by atoms with E-state index in [1.807, 2.05) is 54.6 Å². The molecule has 3 aromatic rings. The van der Waals surface area contributed by atoms with E-state index in [-0.39, 0.29) is 18.4 Å². The third-order valence-corrected chi connectivity index (χ3v) is 4.08. The second-order valence-corrected chi connectivity index (χ2v) is 6.26. The molecule has 2 amide bonds. The van der Waals surface area contributed by atoms with Crippen LogP contribution in [0.5, 0.6) is 5.75 Å². The molecule has 0 radical (unpaired) electrons. The van der Waals surface area contributed by atoms with Gasteiger partial charge in [-0.05, 0) is 36.1 Å². The predicted octanol–water partition coefficient (Wildman–Crippen LogP) is 3.72. The lowest BCUT2D eigenvalue weighted by Gasteiger charge is -2.09. The molecule has 3 aromatic carbocycles. The van der Waals surface area contributed by atoms with E-state index in [0.29, 0.717) is 17.1 Å². The van der Waals surface area contributed by atoms with E-state index in [9.17, 15) is 9.59 Å². The third kappa shape index (κ3) is 4.94. The van der Waals surface area contributed by atoms with Gasteiger partial charge in [-0.15, -0.1) is 0 Å². The van der Waals surface area contributed by atoms with Crippen LogP contribution in [-0.4, -0.2) is 24.1 Å². The number of rotatable bonds is 6. The van der Waals surface area contributed by atoms with Crippen molar-refractivity contribution in [2.24, 2.45) is 5.10 Å². The lowest BCUT2D eigenvalue weighted by molar-refractivity contribution is -0.123. The minimum atomic E-state index is -0.345. The van der Waals surface area contributed by atoms with Gasteiger partial charge in [-0.25, -0.2) is 5.43 Å². The molecule has 0 aromatic heterocycles. The van der Waals surface area contributed by atoms with Gasteiger partial charge in [0.1, 0.15) is 5.75 Å². The summed E-state index contributed by atoms with van der Waals surface area (Å²) in [4.78, 5) is 23.1. The molecule has 0 fully saturated rings. The van der Waals surface area contributed by atoms with Crippen molar-refractivity contribution < 1.29 is 14.3 Å². The second kappa shape index (κ2) is 8.81. The van der Waals surface area contributed by atoms with Crippen LogP contribution in [0, 0.1) is 0 Å². The summed E-state index contributed by atoms with van der Waals surface area (Å²) in [6.07, 6.45) is 0. The number of fused-ring (bicyclic) bond motifs is 1. The topological polar surface area (TPSA) is 79.8 Å². The van der Waals surface area contributed by atoms with E-state index in [1.54, 1.807) is 19.1 Å². The van der Waals surface area contributed by atoms with Crippen LogP contribution in [0.4, 0.5) is 5.69 Å². The molecule has 0 saturated carbocycles. The van der Waals surface area contributed by atoms with E-state index in [1.165, 1.54) is 6.92 Å². The summed E-state index contributed by atoms with van der Waals surface area (Å²) in [6.45, 7) is 3.11. The molecule has 3 rings (SSSR count). The Morgan fingerprint density at radius 3 is 2.39 bits per heavy atom. The van der Waals surface area contributed by atoms with Crippen LogP contribution in [0.15, 0.2) is 71.8 Å². The highest BCUT2D eigenvalue weighted by Gasteiger charge is 2.06. The van der Waals surface area contributed by atoms with Gasteiger partial charge >= 0.3 is 0 Å². The van der Waals surface area contributed by atoms with Gasteiger partial charge in [0.2, 0.25) is 5.91 Å². The van der Waals surface area contributed by atoms with E-state index < -0.39 is 0 Å². The van der Waals surface area contributed by atoms with Crippen molar-refractivity contribution in [3.05, 3.63) is 72.3 Å². The Morgan fingerprint density at radius 1 is 0.929 bits per heavy atom. The summed E-state index contributed by atoms with van der Waals surface area (Å²) in [5, 5.41) is 8.82. The summed E-state index contributed by atoms with van der Waals surface area (Å²) in [6, 6.07) is 20.8. The largest absolute Gasteiger partial charge is 0.483 e. The molecule has 0 unspecified atom stereocenters. The number of hydrazone groups is 1. The summed E-state index contributed by atoms with van der Waals surface area (Å²) >= 11 is 0. The van der Waals surface area contributed by atoms with Crippen LogP contribution < -0.4 is 15.5 Å². The summed E-state index contributed by atoms with van der Waals surface area (Å²) < 4.78 is 5.65. The van der Waals surface area contributed by atoms with Crippen molar-refractivity contribution in [1.82, 2.24) is 5.43 Å². The van der Waals surface area contributed by atoms with Gasteiger partial charge in [-0.3, -0.25) is 9.59 Å². The molecule has 0 bridgehead atoms. The highest BCUT2D eigenvalue weighted by atomic mass is 16.5. The highest BCUT2D eigenvalue weighted by molar-refractivity contribution is 6.00. The zero-order valence-corrected chi connectivity index (χ0v) is 15.7. The molecule has 6 nitrogen and oxygen atoms in total. The van der Waals surface area contributed by atoms with Crippen LogP contribution in [-0.2, 0) is 9.59 Å². The minimum absolute atomic E-state index is 0.128. The number of benzene rings is 3. The molecule has 0 aliphatic carbocycles. The lowest BCUT2D eigenvalue weighted by atomic mass is 10.1. The minimum Gasteiger partial charge on any atom is -0.483 e. The van der Waals surface area contributed by atoms with Crippen LogP contribution in [0.25, 0.3) is 10.8 Å². The highest BCUT2D eigenvalue weighted by Crippen LogP contribution is 2.24. The number of hydrogen-bond acceptors (Lipinski definition) is 4. The van der Waals surface area contributed by atoms with E-state index in [2.05, 4.69) is 15.8 Å². The number of nitrogens with one attached hydrogen (secondary N) is 2. The molecule has 0 spiro atoms. The zero-order valence-electron chi connectivity index (χ0n) is 15.7. The van der Waals surface area contributed by atoms with E-state index in [0.717, 1.165) is 16.3 Å². The van der Waals surface area contributed by atoms with Gasteiger partial charge in [0, 0.05) is 18.0 Å². The maximum atomic E-state index is 12.1. The molecule has 142 valence electrons. The monoisotopic (exact) mass is 375 g/mol. The first-order valence-corrected chi connectivity index (χ1v) is 8.84. The smallest absolute Gasteiger partial charge is 0.277 e. The van der Waals surface area contributed by atoms with Gasteiger partial charge in [-0.1, -0.05) is 48.5 Å². The molecule has 6 heteroatoms. The fraction of sp³-hybridized carbons (Fsp3) is 0.136. The fourth-order valence-corrected chi connectivity index (χ4v) is 2.71. The molecule has 0 aliphatic rings. The van der Waals surface area contributed by atoms with Crippen LogP contribution >= 0.6 is 0 Å². The molecule has 0 aliphatic heterocycles. The summed E-state index contributed by atoms with van der Waals surface area (Å²) in [5.74, 6) is 0.182. The van der Waals surface area contributed by atoms with Crippen molar-refractivity contribution in [3.63, 3.8) is 0 Å². The van der Waals surface area contributed by atoms with E-state index >= 15 is 0 Å². The van der Waals surface area contributed by atoms with Crippen LogP contribution in [0.2, 0.25) is 0 Å². The van der Waals surface area contributed by atoms with Crippen molar-refractivity contribution in [2.45, 2.75) is 13.8 Å². The number of nitrogens with zero attached hydrogens (tertiary/aromatic N) is 1. The number of anilines is 1. The van der Waals surface area contributed by atoms with Gasteiger partial charge in [0.25, 0.3) is 5.91 Å².